The van der Waals surface area contributed by atoms with Crippen molar-refractivity contribution in [2.75, 3.05) is 13.2 Å². The van der Waals surface area contributed by atoms with Gasteiger partial charge in [-0.2, -0.15) is 5.10 Å². The van der Waals surface area contributed by atoms with Gasteiger partial charge in [-0.25, -0.2) is 4.68 Å². The van der Waals surface area contributed by atoms with Gasteiger partial charge in [-0.3, -0.25) is 4.99 Å². The fourth-order valence-corrected chi connectivity index (χ4v) is 4.37. The number of benzene rings is 2. The summed E-state index contributed by atoms with van der Waals surface area (Å²) in [5, 5.41) is 6.96. The smallest absolute Gasteiger partial charge is 0.206 e. The first-order chi connectivity index (χ1) is 14.4. The van der Waals surface area contributed by atoms with Gasteiger partial charge in [0, 0.05) is 17.0 Å². The Kier molecular flexibility index (Phi) is 5.77. The van der Waals surface area contributed by atoms with Crippen LogP contribution in [0.15, 0.2) is 45.8 Å². The molecule has 0 N–H and O–H groups in total. The average Bonchev–Trinajstić information content (AvgIpc) is 3.10. The highest BCUT2D eigenvalue weighted by Gasteiger charge is 2.13. The zero-order valence-electron chi connectivity index (χ0n) is 18.1. The van der Waals surface area contributed by atoms with E-state index in [1.807, 2.05) is 29.1 Å². The molecule has 0 atom stereocenters. The van der Waals surface area contributed by atoms with Crippen LogP contribution in [-0.4, -0.2) is 30.1 Å². The van der Waals surface area contributed by atoms with Crippen LogP contribution in [0.5, 0.6) is 11.5 Å². The number of hydrogen-bond donors (Lipinski definition) is 0. The van der Waals surface area contributed by atoms with Crippen molar-refractivity contribution in [1.82, 2.24) is 4.68 Å². The fraction of sp³-hybridized carbons (Fsp3) is 0.333. The maximum absolute atomic E-state index is 5.70. The van der Waals surface area contributed by atoms with E-state index in [-0.39, 0.29) is 6.04 Å². The minimum absolute atomic E-state index is 0.188. The monoisotopic (exact) mass is 421 g/mol. The van der Waals surface area contributed by atoms with Crippen molar-refractivity contribution in [3.8, 4) is 22.8 Å². The number of nitrogens with zero attached hydrogens (tertiary/aromatic N) is 3. The van der Waals surface area contributed by atoms with Crippen LogP contribution in [0.4, 0.5) is 0 Å². The Hall–Kier alpha value is -2.86. The molecule has 1 aliphatic rings. The topological polar surface area (TPSA) is 48.1 Å². The summed E-state index contributed by atoms with van der Waals surface area (Å²) in [6.07, 6.45) is 1.85. The summed E-state index contributed by atoms with van der Waals surface area (Å²) >= 11 is 1.61. The number of aromatic nitrogens is 1. The number of fused-ring (bicyclic) bond motifs is 1. The van der Waals surface area contributed by atoms with E-state index in [1.165, 1.54) is 22.3 Å². The lowest BCUT2D eigenvalue weighted by molar-refractivity contribution is 0.171. The highest BCUT2D eigenvalue weighted by atomic mass is 32.1. The van der Waals surface area contributed by atoms with E-state index in [1.54, 1.807) is 11.3 Å². The molecule has 0 saturated carbocycles. The van der Waals surface area contributed by atoms with Crippen LogP contribution >= 0.6 is 11.3 Å². The molecule has 5 nitrogen and oxygen atoms in total. The zero-order valence-corrected chi connectivity index (χ0v) is 18.9. The van der Waals surface area contributed by atoms with Crippen molar-refractivity contribution in [3.63, 3.8) is 0 Å². The minimum Gasteiger partial charge on any atom is -0.486 e. The zero-order chi connectivity index (χ0) is 21.3. The van der Waals surface area contributed by atoms with E-state index >= 15 is 0 Å². The molecule has 156 valence electrons. The highest BCUT2D eigenvalue weighted by Crippen LogP contribution is 2.30. The lowest BCUT2D eigenvalue weighted by atomic mass is 9.99. The summed E-state index contributed by atoms with van der Waals surface area (Å²) in [5.74, 6) is 1.54. The largest absolute Gasteiger partial charge is 0.486 e. The van der Waals surface area contributed by atoms with Gasteiger partial charge in [0.2, 0.25) is 4.80 Å². The fourth-order valence-electron chi connectivity index (χ4n) is 3.41. The summed E-state index contributed by atoms with van der Waals surface area (Å²) in [6.45, 7) is 11.8. The molecule has 6 heteroatoms. The van der Waals surface area contributed by atoms with Gasteiger partial charge in [-0.15, -0.1) is 11.3 Å². The maximum atomic E-state index is 5.70. The van der Waals surface area contributed by atoms with E-state index in [0.717, 1.165) is 27.6 Å². The summed E-state index contributed by atoms with van der Waals surface area (Å²) < 4.78 is 13.3. The van der Waals surface area contributed by atoms with Crippen LogP contribution < -0.4 is 14.3 Å². The van der Waals surface area contributed by atoms with Crippen LogP contribution in [0.1, 0.15) is 36.1 Å². The highest BCUT2D eigenvalue weighted by molar-refractivity contribution is 7.07. The summed E-state index contributed by atoms with van der Waals surface area (Å²) in [4.78, 5) is 5.66. The molecule has 30 heavy (non-hydrogen) atoms. The summed E-state index contributed by atoms with van der Waals surface area (Å²) in [6, 6.07) is 10.5. The molecule has 1 aliphatic heterocycles. The Labute approximate surface area is 181 Å². The molecule has 4 rings (SSSR count). The van der Waals surface area contributed by atoms with Crippen molar-refractivity contribution in [2.24, 2.45) is 10.1 Å². The van der Waals surface area contributed by atoms with Crippen LogP contribution in [-0.2, 0) is 0 Å². The predicted octanol–water partition coefficient (Wildman–Crippen LogP) is 5.10. The molecule has 0 aliphatic carbocycles. The van der Waals surface area contributed by atoms with Crippen molar-refractivity contribution in [1.29, 1.82) is 0 Å². The summed E-state index contributed by atoms with van der Waals surface area (Å²) in [5.41, 5.74) is 6.98. The van der Waals surface area contributed by atoms with Crippen molar-refractivity contribution in [3.05, 3.63) is 62.8 Å². The third-order valence-electron chi connectivity index (χ3n) is 5.06. The van der Waals surface area contributed by atoms with E-state index in [9.17, 15) is 0 Å². The Morgan fingerprint density at radius 2 is 1.70 bits per heavy atom. The van der Waals surface area contributed by atoms with Crippen LogP contribution in [0.25, 0.3) is 11.3 Å². The molecular weight excluding hydrogens is 394 g/mol. The molecule has 1 aromatic heterocycles. The Balaban J connectivity index is 1.79. The van der Waals surface area contributed by atoms with Crippen molar-refractivity contribution in [2.45, 2.75) is 40.7 Å². The van der Waals surface area contributed by atoms with Crippen molar-refractivity contribution >= 4 is 17.6 Å². The molecule has 0 radical (unpaired) electrons. The van der Waals surface area contributed by atoms with Gasteiger partial charge >= 0.3 is 0 Å². The van der Waals surface area contributed by atoms with E-state index in [4.69, 9.17) is 19.6 Å². The molecule has 3 aromatic rings. The predicted molar refractivity (Wildman–Crippen MR) is 123 cm³/mol. The van der Waals surface area contributed by atoms with Gasteiger partial charge in [0.05, 0.1) is 11.9 Å². The second-order valence-electron chi connectivity index (χ2n) is 7.84. The van der Waals surface area contributed by atoms with Gasteiger partial charge in [-0.1, -0.05) is 6.07 Å². The molecule has 0 amide bonds. The lowest BCUT2D eigenvalue weighted by Crippen LogP contribution is -2.16. The molecular formula is C24H27N3O2S. The Bertz CT molecular complexity index is 1170. The number of hydrogen-bond acceptors (Lipinski definition) is 5. The molecule has 0 fully saturated rings. The van der Waals surface area contributed by atoms with Crippen LogP contribution in [0.2, 0.25) is 0 Å². The standard InChI is InChI=1S/C24H27N3O2S/c1-15(2)26-24-27(21(14-30-24)20-11-17(4)16(3)10-18(20)5)25-13-19-6-7-22-23(12-19)29-9-8-28-22/h6-7,10-15H,8-9H2,1-5H3/b25-13-,26-24?. The van der Waals surface area contributed by atoms with Crippen LogP contribution in [0.3, 0.4) is 0 Å². The first-order valence-electron chi connectivity index (χ1n) is 10.2. The molecule has 0 spiro atoms. The van der Waals surface area contributed by atoms with E-state index in [2.05, 4.69) is 52.1 Å². The molecule has 2 aromatic carbocycles. The van der Waals surface area contributed by atoms with Gasteiger partial charge in [0.15, 0.2) is 11.5 Å². The molecule has 0 bridgehead atoms. The number of thiazole rings is 1. The SMILES string of the molecule is Cc1cc(C)c(-c2csc(=NC(C)C)n2/N=C\c2ccc3c(c2)OCCO3)cc1C. The molecule has 0 saturated heterocycles. The lowest BCUT2D eigenvalue weighted by Gasteiger charge is -2.18. The van der Waals surface area contributed by atoms with Gasteiger partial charge in [0.25, 0.3) is 0 Å². The van der Waals surface area contributed by atoms with Gasteiger partial charge in [-0.05, 0) is 81.1 Å². The number of ether oxygens (including phenoxy) is 2. The van der Waals surface area contributed by atoms with Gasteiger partial charge in [0.1, 0.15) is 13.2 Å². The van der Waals surface area contributed by atoms with Gasteiger partial charge < -0.3 is 9.47 Å². The second-order valence-corrected chi connectivity index (χ2v) is 8.67. The Morgan fingerprint density at radius 1 is 0.967 bits per heavy atom. The van der Waals surface area contributed by atoms with Crippen LogP contribution in [0, 0.1) is 20.8 Å². The van der Waals surface area contributed by atoms with Crippen molar-refractivity contribution < 1.29 is 9.47 Å². The first-order valence-corrected chi connectivity index (χ1v) is 11.1. The number of rotatable bonds is 4. The second kappa shape index (κ2) is 8.48. The first kappa shape index (κ1) is 20.4. The molecule has 2 heterocycles. The molecule has 0 unspecified atom stereocenters. The number of aryl methyl sites for hydroxylation is 3. The normalized spacial score (nSPS) is 14.1. The van der Waals surface area contributed by atoms with E-state index in [0.29, 0.717) is 13.2 Å². The quantitative estimate of drug-likeness (QED) is 0.550. The van der Waals surface area contributed by atoms with E-state index < -0.39 is 0 Å². The summed E-state index contributed by atoms with van der Waals surface area (Å²) in [7, 11) is 0. The third kappa shape index (κ3) is 4.19. The average molecular weight is 422 g/mol. The third-order valence-corrected chi connectivity index (χ3v) is 5.89. The Morgan fingerprint density at radius 3 is 2.47 bits per heavy atom. The maximum Gasteiger partial charge on any atom is 0.206 e. The minimum atomic E-state index is 0.188.